The molecule has 18 heavy (non-hydrogen) atoms. The molecule has 0 aliphatic rings. The first-order chi connectivity index (χ1) is 8.59. The van der Waals surface area contributed by atoms with E-state index in [0.717, 1.165) is 0 Å². The van der Waals surface area contributed by atoms with Gasteiger partial charge in [0.25, 0.3) is 0 Å². The molecular formula is C14H21FN2O. The fourth-order valence-electron chi connectivity index (χ4n) is 1.47. The molecule has 3 nitrogen and oxygen atoms in total. The molecule has 1 aromatic carbocycles. The minimum Gasteiger partial charge on any atom is -0.356 e. The molecule has 0 saturated carbocycles. The van der Waals surface area contributed by atoms with Crippen molar-refractivity contribution < 1.29 is 9.18 Å². The van der Waals surface area contributed by atoms with E-state index in [1.54, 1.807) is 18.2 Å². The predicted octanol–water partition coefficient (Wildman–Crippen LogP) is 2.08. The van der Waals surface area contributed by atoms with E-state index in [1.807, 2.05) is 0 Å². The summed E-state index contributed by atoms with van der Waals surface area (Å²) >= 11 is 0. The minimum absolute atomic E-state index is 0.0322. The lowest BCUT2D eigenvalue weighted by Gasteiger charge is -2.08. The van der Waals surface area contributed by atoms with Gasteiger partial charge < -0.3 is 10.6 Å². The number of rotatable bonds is 7. The molecule has 4 heteroatoms. The topological polar surface area (TPSA) is 41.1 Å². The van der Waals surface area contributed by atoms with Crippen molar-refractivity contribution in [1.29, 1.82) is 0 Å². The van der Waals surface area contributed by atoms with Gasteiger partial charge in [0.05, 0.1) is 0 Å². The molecule has 0 aromatic heterocycles. The normalized spacial score (nSPS) is 10.7. The zero-order chi connectivity index (χ0) is 13.4. The molecule has 0 fully saturated rings. The molecule has 0 aliphatic carbocycles. The monoisotopic (exact) mass is 252 g/mol. The number of hydrogen-bond acceptors (Lipinski definition) is 2. The van der Waals surface area contributed by atoms with E-state index in [0.29, 0.717) is 37.5 Å². The van der Waals surface area contributed by atoms with E-state index < -0.39 is 0 Å². The largest absolute Gasteiger partial charge is 0.356 e. The average molecular weight is 252 g/mol. The lowest BCUT2D eigenvalue weighted by molar-refractivity contribution is -0.121. The van der Waals surface area contributed by atoms with E-state index in [9.17, 15) is 9.18 Å². The Labute approximate surface area is 108 Å². The lowest BCUT2D eigenvalue weighted by atomic mass is 10.2. The van der Waals surface area contributed by atoms with Crippen LogP contribution in [0.2, 0.25) is 0 Å². The first kappa shape index (κ1) is 14.6. The summed E-state index contributed by atoms with van der Waals surface area (Å²) in [6, 6.07) is 6.64. The van der Waals surface area contributed by atoms with E-state index in [4.69, 9.17) is 0 Å². The van der Waals surface area contributed by atoms with Crippen molar-refractivity contribution in [1.82, 2.24) is 10.6 Å². The van der Waals surface area contributed by atoms with Crippen LogP contribution in [0.5, 0.6) is 0 Å². The molecule has 0 atom stereocenters. The summed E-state index contributed by atoms with van der Waals surface area (Å²) in [7, 11) is 0. The highest BCUT2D eigenvalue weighted by atomic mass is 19.1. The standard InChI is InChI=1S/C14H21FN2O/c1-11(2)9-17-14(18)7-8-16-10-12-5-3-4-6-13(12)15/h3-6,11,16H,7-10H2,1-2H3,(H,17,18). The number of hydrogen-bond donors (Lipinski definition) is 2. The maximum atomic E-state index is 13.3. The first-order valence-electron chi connectivity index (χ1n) is 6.30. The zero-order valence-corrected chi connectivity index (χ0v) is 11.0. The first-order valence-corrected chi connectivity index (χ1v) is 6.30. The second kappa shape index (κ2) is 7.82. The van der Waals surface area contributed by atoms with Crippen LogP contribution < -0.4 is 10.6 Å². The van der Waals surface area contributed by atoms with Crippen LogP contribution in [-0.2, 0) is 11.3 Å². The summed E-state index contributed by atoms with van der Waals surface area (Å²) in [5, 5.41) is 5.90. The van der Waals surface area contributed by atoms with Crippen molar-refractivity contribution in [2.45, 2.75) is 26.8 Å². The van der Waals surface area contributed by atoms with Crippen molar-refractivity contribution in [2.75, 3.05) is 13.1 Å². The fraction of sp³-hybridized carbons (Fsp3) is 0.500. The molecule has 1 amide bonds. The van der Waals surface area contributed by atoms with Gasteiger partial charge in [0.2, 0.25) is 5.91 Å². The predicted molar refractivity (Wildman–Crippen MR) is 70.6 cm³/mol. The molecule has 100 valence electrons. The van der Waals surface area contributed by atoms with Crippen LogP contribution in [0, 0.1) is 11.7 Å². The van der Waals surface area contributed by atoms with E-state index in [-0.39, 0.29) is 11.7 Å². The third kappa shape index (κ3) is 5.77. The van der Waals surface area contributed by atoms with Crippen LogP contribution in [0.1, 0.15) is 25.8 Å². The van der Waals surface area contributed by atoms with Crippen LogP contribution >= 0.6 is 0 Å². The highest BCUT2D eigenvalue weighted by Gasteiger charge is 2.03. The Hall–Kier alpha value is -1.42. The van der Waals surface area contributed by atoms with Gasteiger partial charge in [0.15, 0.2) is 0 Å². The van der Waals surface area contributed by atoms with Gasteiger partial charge in [-0.15, -0.1) is 0 Å². The molecule has 0 aliphatic heterocycles. The third-order valence-electron chi connectivity index (χ3n) is 2.51. The second-order valence-electron chi connectivity index (χ2n) is 4.72. The van der Waals surface area contributed by atoms with Gasteiger partial charge in [-0.1, -0.05) is 32.0 Å². The second-order valence-corrected chi connectivity index (χ2v) is 4.72. The van der Waals surface area contributed by atoms with E-state index in [1.165, 1.54) is 6.07 Å². The van der Waals surface area contributed by atoms with Crippen molar-refractivity contribution in [2.24, 2.45) is 5.92 Å². The van der Waals surface area contributed by atoms with Crippen molar-refractivity contribution in [3.05, 3.63) is 35.6 Å². The zero-order valence-electron chi connectivity index (χ0n) is 11.0. The summed E-state index contributed by atoms with van der Waals surface area (Å²) in [4.78, 5) is 11.4. The SMILES string of the molecule is CC(C)CNC(=O)CCNCc1ccccc1F. The number of amides is 1. The quantitative estimate of drug-likeness (QED) is 0.729. The molecule has 0 bridgehead atoms. The lowest BCUT2D eigenvalue weighted by Crippen LogP contribution is -2.30. The van der Waals surface area contributed by atoms with Gasteiger partial charge in [0.1, 0.15) is 5.82 Å². The third-order valence-corrected chi connectivity index (χ3v) is 2.51. The Balaban J connectivity index is 2.15. The number of halogens is 1. The molecule has 1 rings (SSSR count). The molecule has 1 aromatic rings. The molecule has 0 spiro atoms. The van der Waals surface area contributed by atoms with Gasteiger partial charge >= 0.3 is 0 Å². The maximum Gasteiger partial charge on any atom is 0.221 e. The van der Waals surface area contributed by atoms with Gasteiger partial charge in [0, 0.05) is 31.6 Å². The molecular weight excluding hydrogens is 231 g/mol. The summed E-state index contributed by atoms with van der Waals surface area (Å²) in [5.41, 5.74) is 0.625. The van der Waals surface area contributed by atoms with E-state index in [2.05, 4.69) is 24.5 Å². The Morgan fingerprint density at radius 1 is 1.33 bits per heavy atom. The Morgan fingerprint density at radius 3 is 2.72 bits per heavy atom. The van der Waals surface area contributed by atoms with Gasteiger partial charge in [-0.3, -0.25) is 4.79 Å². The molecule has 0 radical (unpaired) electrons. The summed E-state index contributed by atoms with van der Waals surface area (Å²) in [6.07, 6.45) is 0.418. The Bertz CT molecular complexity index is 380. The number of nitrogens with one attached hydrogen (secondary N) is 2. The highest BCUT2D eigenvalue weighted by Crippen LogP contribution is 2.05. The van der Waals surface area contributed by atoms with Crippen LogP contribution in [-0.4, -0.2) is 19.0 Å². The average Bonchev–Trinajstić information content (AvgIpc) is 2.34. The van der Waals surface area contributed by atoms with Crippen LogP contribution in [0.15, 0.2) is 24.3 Å². The van der Waals surface area contributed by atoms with Crippen LogP contribution in [0.4, 0.5) is 4.39 Å². The summed E-state index contributed by atoms with van der Waals surface area (Å²) < 4.78 is 13.3. The van der Waals surface area contributed by atoms with Crippen molar-refractivity contribution in [3.63, 3.8) is 0 Å². The highest BCUT2D eigenvalue weighted by molar-refractivity contribution is 5.76. The number of carbonyl (C=O) groups is 1. The molecule has 0 unspecified atom stereocenters. The van der Waals surface area contributed by atoms with E-state index >= 15 is 0 Å². The smallest absolute Gasteiger partial charge is 0.221 e. The maximum absolute atomic E-state index is 13.3. The molecule has 0 saturated heterocycles. The fourth-order valence-corrected chi connectivity index (χ4v) is 1.47. The van der Waals surface area contributed by atoms with Crippen LogP contribution in [0.3, 0.4) is 0 Å². The Morgan fingerprint density at radius 2 is 2.06 bits per heavy atom. The summed E-state index contributed by atoms with van der Waals surface area (Å²) in [6.45, 7) is 5.81. The van der Waals surface area contributed by atoms with Crippen molar-refractivity contribution in [3.8, 4) is 0 Å². The van der Waals surface area contributed by atoms with Crippen LogP contribution in [0.25, 0.3) is 0 Å². The number of carbonyl (C=O) groups excluding carboxylic acids is 1. The Kier molecular flexibility index (Phi) is 6.36. The number of benzene rings is 1. The van der Waals surface area contributed by atoms with Gasteiger partial charge in [-0.25, -0.2) is 4.39 Å². The molecule has 2 N–H and O–H groups in total. The van der Waals surface area contributed by atoms with Gasteiger partial charge in [-0.2, -0.15) is 0 Å². The molecule has 0 heterocycles. The minimum atomic E-state index is -0.214. The van der Waals surface area contributed by atoms with Crippen molar-refractivity contribution >= 4 is 5.91 Å². The summed E-state index contributed by atoms with van der Waals surface area (Å²) in [5.74, 6) is 0.277. The van der Waals surface area contributed by atoms with Gasteiger partial charge in [-0.05, 0) is 12.0 Å².